The number of amides is 1. The van der Waals surface area contributed by atoms with Crippen molar-refractivity contribution in [3.05, 3.63) is 70.3 Å². The number of benzene rings is 2. The minimum absolute atomic E-state index is 0.0630. The third-order valence-electron chi connectivity index (χ3n) is 4.05. The van der Waals surface area contributed by atoms with E-state index >= 15 is 0 Å². The number of carbonyl (C=O) groups is 1. The molecule has 0 fully saturated rings. The second-order valence-electron chi connectivity index (χ2n) is 6.17. The van der Waals surface area contributed by atoms with Crippen molar-refractivity contribution in [3.63, 3.8) is 0 Å². The van der Waals surface area contributed by atoms with Gasteiger partial charge in [-0.3, -0.25) is 4.79 Å². The summed E-state index contributed by atoms with van der Waals surface area (Å²) in [6, 6.07) is 8.02. The van der Waals surface area contributed by atoms with Crippen molar-refractivity contribution < 1.29 is 35.9 Å². The summed E-state index contributed by atoms with van der Waals surface area (Å²) in [5, 5.41) is 5.18. The van der Waals surface area contributed by atoms with Crippen molar-refractivity contribution >= 4 is 23.2 Å². The van der Waals surface area contributed by atoms with Crippen LogP contribution >= 0.6 is 11.6 Å². The number of carbonyl (C=O) groups excluding carboxylic acids is 1. The molecular weight excluding hydrogens is 452 g/mol. The first-order valence-electron chi connectivity index (χ1n) is 8.44. The van der Waals surface area contributed by atoms with Crippen LogP contribution in [0, 0.1) is 5.95 Å². The number of hydrogen-bond acceptors (Lipinski definition) is 3. The fourth-order valence-corrected chi connectivity index (χ4v) is 2.83. The van der Waals surface area contributed by atoms with Crippen LogP contribution in [-0.4, -0.2) is 15.7 Å². The number of aryl methyl sites for hydroxylation is 1. The fraction of sp³-hybridized carbons (Fsp3) is 0.158. The average Bonchev–Trinajstić information content (AvgIpc) is 2.99. The SMILES string of the molecule is Cn1nc(C(F)F)c(C(=O)Nc2ccccc2Oc2ccc(C(F)(F)F)cc2Cl)c1F. The Balaban J connectivity index is 1.90. The van der Waals surface area contributed by atoms with Crippen LogP contribution in [0.1, 0.15) is 28.0 Å². The van der Waals surface area contributed by atoms with Gasteiger partial charge in [-0.25, -0.2) is 13.5 Å². The summed E-state index contributed by atoms with van der Waals surface area (Å²) in [5.74, 6) is -2.70. The molecule has 0 bridgehead atoms. The van der Waals surface area contributed by atoms with Crippen LogP contribution in [0.15, 0.2) is 42.5 Å². The Morgan fingerprint density at radius 1 is 1.16 bits per heavy atom. The summed E-state index contributed by atoms with van der Waals surface area (Å²) in [7, 11) is 1.06. The molecule has 31 heavy (non-hydrogen) atoms. The molecule has 1 heterocycles. The first kappa shape index (κ1) is 22.5. The third kappa shape index (κ3) is 4.76. The van der Waals surface area contributed by atoms with Gasteiger partial charge in [-0.15, -0.1) is 0 Å². The van der Waals surface area contributed by atoms with E-state index in [1.807, 2.05) is 0 Å². The number of hydrogen-bond donors (Lipinski definition) is 1. The van der Waals surface area contributed by atoms with Crippen molar-refractivity contribution in [1.29, 1.82) is 0 Å². The Kier molecular flexibility index (Phi) is 6.16. The van der Waals surface area contributed by atoms with Crippen molar-refractivity contribution in [2.45, 2.75) is 12.6 Å². The lowest BCUT2D eigenvalue weighted by molar-refractivity contribution is -0.137. The van der Waals surface area contributed by atoms with Crippen LogP contribution in [0.3, 0.4) is 0 Å². The van der Waals surface area contributed by atoms with Gasteiger partial charge in [-0.2, -0.15) is 22.7 Å². The molecule has 2 aromatic carbocycles. The fourth-order valence-electron chi connectivity index (χ4n) is 2.61. The molecule has 1 N–H and O–H groups in total. The number of ether oxygens (including phenoxy) is 1. The normalized spacial score (nSPS) is 11.6. The Bertz CT molecular complexity index is 1130. The second-order valence-corrected chi connectivity index (χ2v) is 6.58. The summed E-state index contributed by atoms with van der Waals surface area (Å²) < 4.78 is 84.7. The van der Waals surface area contributed by atoms with E-state index in [0.29, 0.717) is 10.7 Å². The van der Waals surface area contributed by atoms with Gasteiger partial charge in [-0.1, -0.05) is 23.7 Å². The van der Waals surface area contributed by atoms with Crippen LogP contribution in [0.5, 0.6) is 11.5 Å². The number of halogens is 7. The van der Waals surface area contributed by atoms with Crippen LogP contribution in [0.25, 0.3) is 0 Å². The van der Waals surface area contributed by atoms with Crippen molar-refractivity contribution in [3.8, 4) is 11.5 Å². The number of anilines is 1. The number of nitrogens with one attached hydrogen (secondary N) is 1. The summed E-state index contributed by atoms with van der Waals surface area (Å²) in [5.41, 5.74) is -3.04. The van der Waals surface area contributed by atoms with Gasteiger partial charge in [0.2, 0.25) is 5.95 Å². The maximum Gasteiger partial charge on any atom is 0.416 e. The summed E-state index contributed by atoms with van der Waals surface area (Å²) in [6.45, 7) is 0. The lowest BCUT2D eigenvalue weighted by Crippen LogP contribution is -2.16. The lowest BCUT2D eigenvalue weighted by Gasteiger charge is -2.14. The topological polar surface area (TPSA) is 56.2 Å². The highest BCUT2D eigenvalue weighted by Gasteiger charge is 2.31. The molecule has 0 aliphatic heterocycles. The number of aromatic nitrogens is 2. The highest BCUT2D eigenvalue weighted by Crippen LogP contribution is 2.38. The van der Waals surface area contributed by atoms with E-state index in [9.17, 15) is 31.1 Å². The lowest BCUT2D eigenvalue weighted by atomic mass is 10.2. The summed E-state index contributed by atoms with van der Waals surface area (Å²) >= 11 is 5.86. The molecule has 1 amide bonds. The number of para-hydroxylation sites is 2. The maximum absolute atomic E-state index is 14.1. The van der Waals surface area contributed by atoms with Crippen LogP contribution in [0.2, 0.25) is 5.02 Å². The minimum atomic E-state index is -4.61. The maximum atomic E-state index is 14.1. The molecule has 0 saturated heterocycles. The van der Waals surface area contributed by atoms with Crippen molar-refractivity contribution in [2.75, 3.05) is 5.32 Å². The van der Waals surface area contributed by atoms with Gasteiger partial charge in [-0.05, 0) is 30.3 Å². The molecule has 12 heteroatoms. The third-order valence-corrected chi connectivity index (χ3v) is 4.35. The predicted molar refractivity (Wildman–Crippen MR) is 99.0 cm³/mol. The van der Waals surface area contributed by atoms with E-state index < -0.39 is 41.3 Å². The van der Waals surface area contributed by atoms with E-state index in [1.54, 1.807) is 0 Å². The van der Waals surface area contributed by atoms with Crippen molar-refractivity contribution in [1.82, 2.24) is 9.78 Å². The van der Waals surface area contributed by atoms with Gasteiger partial charge in [0.1, 0.15) is 17.0 Å². The molecule has 5 nitrogen and oxygen atoms in total. The molecule has 0 saturated carbocycles. The standard InChI is InChI=1S/C19H12ClF6N3O2/c1-29-17(23)14(15(28-29)16(21)22)18(30)27-11-4-2-3-5-13(11)31-12-7-6-9(8-10(12)20)19(24,25)26/h2-8,16H,1H3,(H,27,30). The van der Waals surface area contributed by atoms with Gasteiger partial charge in [0.25, 0.3) is 12.3 Å². The second kappa shape index (κ2) is 8.50. The molecule has 0 unspecified atom stereocenters. The highest BCUT2D eigenvalue weighted by molar-refractivity contribution is 6.32. The number of nitrogens with zero attached hydrogens (tertiary/aromatic N) is 2. The monoisotopic (exact) mass is 463 g/mol. The van der Waals surface area contributed by atoms with E-state index in [1.165, 1.54) is 24.3 Å². The van der Waals surface area contributed by atoms with Gasteiger partial charge in [0.05, 0.1) is 16.3 Å². The molecule has 164 valence electrons. The largest absolute Gasteiger partial charge is 0.454 e. The molecular formula is C19H12ClF6N3O2. The predicted octanol–water partition coefficient (Wildman–Crippen LogP) is 6.21. The number of alkyl halides is 5. The molecule has 1 aromatic heterocycles. The Hall–Kier alpha value is -3.21. The highest BCUT2D eigenvalue weighted by atomic mass is 35.5. The quantitative estimate of drug-likeness (QED) is 0.457. The molecule has 0 spiro atoms. The summed E-state index contributed by atoms with van der Waals surface area (Å²) in [6.07, 6.45) is -7.81. The van der Waals surface area contributed by atoms with E-state index in [-0.39, 0.29) is 22.2 Å². The van der Waals surface area contributed by atoms with Gasteiger partial charge in [0, 0.05) is 7.05 Å². The molecule has 0 atom stereocenters. The Morgan fingerprint density at radius 3 is 2.45 bits per heavy atom. The molecule has 0 radical (unpaired) electrons. The van der Waals surface area contributed by atoms with Gasteiger partial charge in [0.15, 0.2) is 5.75 Å². The first-order chi connectivity index (χ1) is 14.5. The van der Waals surface area contributed by atoms with Crippen LogP contribution in [-0.2, 0) is 13.2 Å². The van der Waals surface area contributed by atoms with Gasteiger partial charge < -0.3 is 10.1 Å². The van der Waals surface area contributed by atoms with Gasteiger partial charge >= 0.3 is 6.18 Å². The zero-order chi connectivity index (χ0) is 22.9. The molecule has 3 rings (SSSR count). The Labute approximate surface area is 176 Å². The average molecular weight is 464 g/mol. The van der Waals surface area contributed by atoms with Crippen molar-refractivity contribution in [2.24, 2.45) is 7.05 Å². The molecule has 0 aliphatic rings. The zero-order valence-electron chi connectivity index (χ0n) is 15.5. The van der Waals surface area contributed by atoms with Crippen LogP contribution < -0.4 is 10.1 Å². The van der Waals surface area contributed by atoms with E-state index in [0.717, 1.165) is 19.2 Å². The zero-order valence-corrected chi connectivity index (χ0v) is 16.2. The Morgan fingerprint density at radius 2 is 1.84 bits per heavy atom. The first-order valence-corrected chi connectivity index (χ1v) is 8.82. The van der Waals surface area contributed by atoms with Crippen LogP contribution in [0.4, 0.5) is 32.0 Å². The smallest absolute Gasteiger partial charge is 0.416 e. The number of rotatable bonds is 5. The molecule has 0 aliphatic carbocycles. The molecule has 3 aromatic rings. The van der Waals surface area contributed by atoms with E-state index in [4.69, 9.17) is 16.3 Å². The summed E-state index contributed by atoms with van der Waals surface area (Å²) in [4.78, 5) is 12.5. The van der Waals surface area contributed by atoms with E-state index in [2.05, 4.69) is 10.4 Å². The minimum Gasteiger partial charge on any atom is -0.454 e.